The summed E-state index contributed by atoms with van der Waals surface area (Å²) < 4.78 is 27.3. The molecule has 4 nitrogen and oxygen atoms in total. The van der Waals surface area contributed by atoms with Gasteiger partial charge in [-0.25, -0.2) is 8.42 Å². The number of nitrogens with one attached hydrogen (secondary N) is 1. The van der Waals surface area contributed by atoms with Gasteiger partial charge in [-0.05, 0) is 55.3 Å². The van der Waals surface area contributed by atoms with E-state index in [1.807, 2.05) is 6.07 Å². The van der Waals surface area contributed by atoms with Crippen molar-refractivity contribution in [3.63, 3.8) is 0 Å². The number of hydrogen-bond donors (Lipinski definition) is 1. The summed E-state index contributed by atoms with van der Waals surface area (Å²) in [5, 5.41) is 9.38. The summed E-state index contributed by atoms with van der Waals surface area (Å²) in [6, 6.07) is 11.4. The van der Waals surface area contributed by atoms with Crippen LogP contribution in [0.2, 0.25) is 5.02 Å². The smallest absolute Gasteiger partial charge is 0.261 e. The van der Waals surface area contributed by atoms with Gasteiger partial charge in [0.1, 0.15) is 0 Å². The summed E-state index contributed by atoms with van der Waals surface area (Å²) >= 11 is 5.98. The lowest BCUT2D eigenvalue weighted by molar-refractivity contribution is 0.601. The van der Waals surface area contributed by atoms with E-state index in [0.717, 1.165) is 0 Å². The molecule has 6 heteroatoms. The molecule has 2 aromatic rings. The van der Waals surface area contributed by atoms with E-state index in [0.29, 0.717) is 27.4 Å². The number of hydrogen-bond acceptors (Lipinski definition) is 3. The fourth-order valence-electron chi connectivity index (χ4n) is 1.85. The summed E-state index contributed by atoms with van der Waals surface area (Å²) in [7, 11) is -3.72. The van der Waals surface area contributed by atoms with Gasteiger partial charge in [0.2, 0.25) is 0 Å². The molecule has 0 saturated heterocycles. The van der Waals surface area contributed by atoms with Crippen molar-refractivity contribution in [2.45, 2.75) is 18.7 Å². The van der Waals surface area contributed by atoms with E-state index >= 15 is 0 Å². The van der Waals surface area contributed by atoms with Crippen LogP contribution in [0.5, 0.6) is 0 Å². The third kappa shape index (κ3) is 3.18. The van der Waals surface area contributed by atoms with Gasteiger partial charge in [-0.1, -0.05) is 17.7 Å². The Hall–Kier alpha value is -2.03. The Labute approximate surface area is 129 Å². The highest BCUT2D eigenvalue weighted by Gasteiger charge is 2.16. The van der Waals surface area contributed by atoms with Crippen molar-refractivity contribution < 1.29 is 8.42 Å². The van der Waals surface area contributed by atoms with Crippen LogP contribution in [-0.4, -0.2) is 8.42 Å². The van der Waals surface area contributed by atoms with Crippen molar-refractivity contribution in [3.8, 4) is 6.07 Å². The Morgan fingerprint density at radius 3 is 2.52 bits per heavy atom. The van der Waals surface area contributed by atoms with E-state index in [9.17, 15) is 8.42 Å². The zero-order chi connectivity index (χ0) is 15.6. The third-order valence-corrected chi connectivity index (χ3v) is 4.91. The van der Waals surface area contributed by atoms with Crippen molar-refractivity contribution in [2.75, 3.05) is 4.72 Å². The van der Waals surface area contributed by atoms with E-state index in [-0.39, 0.29) is 4.90 Å². The summed E-state index contributed by atoms with van der Waals surface area (Å²) in [6.07, 6.45) is 0. The van der Waals surface area contributed by atoms with E-state index in [4.69, 9.17) is 16.9 Å². The van der Waals surface area contributed by atoms with Gasteiger partial charge < -0.3 is 0 Å². The maximum atomic E-state index is 12.4. The maximum Gasteiger partial charge on any atom is 0.261 e. The topological polar surface area (TPSA) is 70.0 Å². The lowest BCUT2D eigenvalue weighted by Crippen LogP contribution is -2.14. The number of halogens is 1. The summed E-state index contributed by atoms with van der Waals surface area (Å²) in [5.41, 5.74) is 2.16. The highest BCUT2D eigenvalue weighted by Crippen LogP contribution is 2.26. The van der Waals surface area contributed by atoms with Crippen molar-refractivity contribution in [3.05, 3.63) is 58.1 Å². The SMILES string of the molecule is Cc1cc(S(=O)(=O)Nc2cccc(Cl)c2C)ccc1C#N. The highest BCUT2D eigenvalue weighted by atomic mass is 35.5. The fraction of sp³-hybridized carbons (Fsp3) is 0.133. The number of aryl methyl sites for hydroxylation is 1. The van der Waals surface area contributed by atoms with Crippen molar-refractivity contribution in [1.82, 2.24) is 0 Å². The minimum atomic E-state index is -3.72. The van der Waals surface area contributed by atoms with Crippen molar-refractivity contribution >= 4 is 27.3 Å². The van der Waals surface area contributed by atoms with Crippen LogP contribution >= 0.6 is 11.6 Å². The largest absolute Gasteiger partial charge is 0.279 e. The van der Waals surface area contributed by atoms with Crippen LogP contribution in [0, 0.1) is 25.2 Å². The van der Waals surface area contributed by atoms with Crippen LogP contribution in [0.4, 0.5) is 5.69 Å². The molecule has 0 spiro atoms. The van der Waals surface area contributed by atoms with E-state index in [1.165, 1.54) is 18.2 Å². The van der Waals surface area contributed by atoms with Gasteiger partial charge in [0, 0.05) is 5.02 Å². The maximum absolute atomic E-state index is 12.4. The summed E-state index contributed by atoms with van der Waals surface area (Å²) in [6.45, 7) is 3.44. The lowest BCUT2D eigenvalue weighted by atomic mass is 10.1. The van der Waals surface area contributed by atoms with Gasteiger partial charge >= 0.3 is 0 Å². The molecule has 0 atom stereocenters. The molecule has 0 amide bonds. The third-order valence-electron chi connectivity index (χ3n) is 3.14. The Kier molecular flexibility index (Phi) is 4.21. The summed E-state index contributed by atoms with van der Waals surface area (Å²) in [4.78, 5) is 0.110. The summed E-state index contributed by atoms with van der Waals surface area (Å²) in [5.74, 6) is 0. The molecule has 0 aliphatic heterocycles. The number of sulfonamides is 1. The minimum absolute atomic E-state index is 0.110. The minimum Gasteiger partial charge on any atom is -0.279 e. The van der Waals surface area contributed by atoms with Crippen LogP contribution in [0.15, 0.2) is 41.3 Å². The molecule has 0 radical (unpaired) electrons. The number of nitriles is 1. The zero-order valence-electron chi connectivity index (χ0n) is 11.5. The fourth-order valence-corrected chi connectivity index (χ4v) is 3.23. The average molecular weight is 321 g/mol. The van der Waals surface area contributed by atoms with Gasteiger partial charge in [-0.3, -0.25) is 4.72 Å². The molecule has 0 saturated carbocycles. The molecular formula is C15H13ClN2O2S. The van der Waals surface area contributed by atoms with Crippen LogP contribution in [0.3, 0.4) is 0 Å². The molecule has 0 aromatic heterocycles. The molecule has 1 N–H and O–H groups in total. The Morgan fingerprint density at radius 1 is 1.19 bits per heavy atom. The first-order chi connectivity index (χ1) is 9.85. The van der Waals surface area contributed by atoms with Gasteiger partial charge in [0.15, 0.2) is 0 Å². The highest BCUT2D eigenvalue weighted by molar-refractivity contribution is 7.92. The molecule has 0 aliphatic carbocycles. The Morgan fingerprint density at radius 2 is 1.90 bits per heavy atom. The first-order valence-electron chi connectivity index (χ1n) is 6.14. The second-order valence-corrected chi connectivity index (χ2v) is 6.70. The molecule has 0 unspecified atom stereocenters. The molecule has 21 heavy (non-hydrogen) atoms. The average Bonchev–Trinajstić information content (AvgIpc) is 2.43. The molecule has 108 valence electrons. The monoisotopic (exact) mass is 320 g/mol. The first-order valence-corrected chi connectivity index (χ1v) is 8.00. The normalized spacial score (nSPS) is 11.0. The van der Waals surface area contributed by atoms with Crippen LogP contribution in [0.25, 0.3) is 0 Å². The van der Waals surface area contributed by atoms with Gasteiger partial charge in [0.05, 0.1) is 22.2 Å². The number of rotatable bonds is 3. The van der Waals surface area contributed by atoms with Gasteiger partial charge in [-0.2, -0.15) is 5.26 Å². The predicted octanol–water partition coefficient (Wildman–Crippen LogP) is 3.63. The van der Waals surface area contributed by atoms with Crippen LogP contribution < -0.4 is 4.72 Å². The quantitative estimate of drug-likeness (QED) is 0.938. The second-order valence-electron chi connectivity index (χ2n) is 4.61. The molecule has 2 aromatic carbocycles. The molecule has 0 aliphatic rings. The standard InChI is InChI=1S/C15H13ClN2O2S/c1-10-8-13(7-6-12(10)9-17)21(19,20)18-15-5-3-4-14(16)11(15)2/h3-8,18H,1-2H3. The Balaban J connectivity index is 2.41. The lowest BCUT2D eigenvalue weighted by Gasteiger charge is -2.12. The predicted molar refractivity (Wildman–Crippen MR) is 82.9 cm³/mol. The van der Waals surface area contributed by atoms with Gasteiger partial charge in [-0.15, -0.1) is 0 Å². The molecule has 0 fully saturated rings. The Bertz CT molecular complexity index is 839. The first kappa shape index (κ1) is 15.4. The van der Waals surface area contributed by atoms with Crippen molar-refractivity contribution in [1.29, 1.82) is 5.26 Å². The molecule has 2 rings (SSSR count). The van der Waals surface area contributed by atoms with E-state index in [2.05, 4.69) is 4.72 Å². The molecule has 0 bridgehead atoms. The second kappa shape index (κ2) is 5.76. The van der Waals surface area contributed by atoms with Gasteiger partial charge in [0.25, 0.3) is 10.0 Å². The number of benzene rings is 2. The molecule has 0 heterocycles. The number of anilines is 1. The van der Waals surface area contributed by atoms with Crippen LogP contribution in [-0.2, 0) is 10.0 Å². The number of nitrogens with zero attached hydrogens (tertiary/aromatic N) is 1. The molecular weight excluding hydrogens is 308 g/mol. The van der Waals surface area contributed by atoms with Crippen LogP contribution in [0.1, 0.15) is 16.7 Å². The van der Waals surface area contributed by atoms with E-state index < -0.39 is 10.0 Å². The van der Waals surface area contributed by atoms with E-state index in [1.54, 1.807) is 32.0 Å². The van der Waals surface area contributed by atoms with Crippen molar-refractivity contribution in [2.24, 2.45) is 0 Å². The zero-order valence-corrected chi connectivity index (χ0v) is 13.1.